The number of methoxy groups -OCH3 is 1. The van der Waals surface area contributed by atoms with Gasteiger partial charge in [-0.15, -0.1) is 0 Å². The molecule has 0 aliphatic carbocycles. The molecule has 5 nitrogen and oxygen atoms in total. The highest BCUT2D eigenvalue weighted by Gasteiger charge is 2.48. The van der Waals surface area contributed by atoms with Gasteiger partial charge in [-0.25, -0.2) is 4.79 Å². The van der Waals surface area contributed by atoms with Crippen molar-refractivity contribution in [1.82, 2.24) is 5.32 Å². The standard InChI is InChI=1S/C15H14F3NO4/c1-8(14(21)22-2)19-13(20)10-7-9-5-3-4-6-11(9)23-12(10)15(16,17)18/h3-8,12H,1-2H3,(H,19,20)/t8-,12?/m0/s1. The molecule has 2 atom stereocenters. The molecule has 0 saturated heterocycles. The molecule has 1 aromatic carbocycles. The number of amides is 1. The largest absolute Gasteiger partial charge is 0.475 e. The fraction of sp³-hybridized carbons (Fsp3) is 0.333. The van der Waals surface area contributed by atoms with Crippen molar-refractivity contribution in [3.8, 4) is 5.75 Å². The normalized spacial score (nSPS) is 18.1. The summed E-state index contributed by atoms with van der Waals surface area (Å²) < 4.78 is 48.9. The first-order valence-electron chi connectivity index (χ1n) is 6.66. The summed E-state index contributed by atoms with van der Waals surface area (Å²) >= 11 is 0. The quantitative estimate of drug-likeness (QED) is 0.862. The Kier molecular flexibility index (Phi) is 4.63. The molecule has 0 saturated carbocycles. The second-order valence-corrected chi connectivity index (χ2v) is 4.90. The van der Waals surface area contributed by atoms with E-state index in [2.05, 4.69) is 10.1 Å². The number of halogens is 3. The topological polar surface area (TPSA) is 64.6 Å². The maximum absolute atomic E-state index is 13.2. The number of ether oxygens (including phenoxy) is 2. The van der Waals surface area contributed by atoms with Gasteiger partial charge in [0.1, 0.15) is 11.8 Å². The first-order chi connectivity index (χ1) is 10.7. The number of para-hydroxylation sites is 1. The minimum absolute atomic E-state index is 0.0346. The molecule has 0 spiro atoms. The summed E-state index contributed by atoms with van der Waals surface area (Å²) in [6, 6.07) is 4.97. The number of esters is 1. The van der Waals surface area contributed by atoms with Crippen molar-refractivity contribution in [1.29, 1.82) is 0 Å². The lowest BCUT2D eigenvalue weighted by atomic mass is 10.00. The Morgan fingerprint density at radius 2 is 1.96 bits per heavy atom. The number of hydrogen-bond acceptors (Lipinski definition) is 4. The van der Waals surface area contributed by atoms with Gasteiger partial charge < -0.3 is 14.8 Å². The van der Waals surface area contributed by atoms with Crippen LogP contribution >= 0.6 is 0 Å². The van der Waals surface area contributed by atoms with Gasteiger partial charge in [0.15, 0.2) is 0 Å². The zero-order chi connectivity index (χ0) is 17.2. The summed E-state index contributed by atoms with van der Waals surface area (Å²) in [5.41, 5.74) is -0.268. The maximum atomic E-state index is 13.2. The van der Waals surface area contributed by atoms with E-state index in [0.717, 1.165) is 13.2 Å². The number of carbonyl (C=O) groups excluding carboxylic acids is 2. The summed E-state index contributed by atoms with van der Waals surface area (Å²) in [5.74, 6) is -1.77. The van der Waals surface area contributed by atoms with Gasteiger partial charge in [-0.05, 0) is 19.1 Å². The van der Waals surface area contributed by atoms with Crippen molar-refractivity contribution in [2.24, 2.45) is 0 Å². The molecule has 1 amide bonds. The van der Waals surface area contributed by atoms with Gasteiger partial charge in [0.2, 0.25) is 6.10 Å². The van der Waals surface area contributed by atoms with Crippen LogP contribution in [-0.2, 0) is 14.3 Å². The van der Waals surface area contributed by atoms with Crippen molar-refractivity contribution in [3.63, 3.8) is 0 Å². The van der Waals surface area contributed by atoms with Crippen molar-refractivity contribution in [3.05, 3.63) is 35.4 Å². The highest BCUT2D eigenvalue weighted by Crippen LogP contribution is 2.37. The van der Waals surface area contributed by atoms with Crippen molar-refractivity contribution < 1.29 is 32.2 Å². The molecule has 1 unspecified atom stereocenters. The average molecular weight is 329 g/mol. The van der Waals surface area contributed by atoms with E-state index in [4.69, 9.17) is 4.74 Å². The zero-order valence-electron chi connectivity index (χ0n) is 12.3. The molecule has 2 rings (SSSR count). The van der Waals surface area contributed by atoms with Gasteiger partial charge in [-0.2, -0.15) is 13.2 Å². The fourth-order valence-corrected chi connectivity index (χ4v) is 2.08. The van der Waals surface area contributed by atoms with E-state index in [9.17, 15) is 22.8 Å². The van der Waals surface area contributed by atoms with Gasteiger partial charge in [0.25, 0.3) is 5.91 Å². The Labute approximate surface area is 130 Å². The molecule has 1 aliphatic heterocycles. The molecule has 1 aromatic rings. The Balaban J connectivity index is 2.33. The maximum Gasteiger partial charge on any atom is 0.429 e. The van der Waals surface area contributed by atoms with Crippen LogP contribution in [0.15, 0.2) is 29.8 Å². The van der Waals surface area contributed by atoms with Gasteiger partial charge in [0, 0.05) is 5.56 Å². The van der Waals surface area contributed by atoms with Gasteiger partial charge >= 0.3 is 12.1 Å². The van der Waals surface area contributed by atoms with Crippen molar-refractivity contribution in [2.75, 3.05) is 7.11 Å². The Morgan fingerprint density at radius 1 is 1.30 bits per heavy atom. The van der Waals surface area contributed by atoms with Crippen molar-refractivity contribution >= 4 is 18.0 Å². The predicted molar refractivity (Wildman–Crippen MR) is 74.5 cm³/mol. The van der Waals surface area contributed by atoms with Crippen LogP contribution < -0.4 is 10.1 Å². The number of rotatable bonds is 3. The van der Waals surface area contributed by atoms with E-state index in [1.807, 2.05) is 0 Å². The van der Waals surface area contributed by atoms with E-state index in [-0.39, 0.29) is 5.75 Å². The third-order valence-electron chi connectivity index (χ3n) is 3.22. The third-order valence-corrected chi connectivity index (χ3v) is 3.22. The Bertz CT molecular complexity index is 654. The SMILES string of the molecule is COC(=O)[C@H](C)NC(=O)C1=Cc2ccccc2OC1C(F)(F)F. The molecule has 0 aromatic heterocycles. The molecule has 0 bridgehead atoms. The van der Waals surface area contributed by atoms with Crippen LogP contribution in [0.5, 0.6) is 5.75 Å². The first-order valence-corrected chi connectivity index (χ1v) is 6.66. The lowest BCUT2D eigenvalue weighted by molar-refractivity contribution is -0.185. The lowest BCUT2D eigenvalue weighted by Gasteiger charge is -2.28. The summed E-state index contributed by atoms with van der Waals surface area (Å²) in [4.78, 5) is 23.4. The van der Waals surface area contributed by atoms with Crippen LogP contribution in [0.25, 0.3) is 6.08 Å². The third kappa shape index (κ3) is 3.64. The van der Waals surface area contributed by atoms with E-state index in [1.54, 1.807) is 6.07 Å². The minimum Gasteiger partial charge on any atom is -0.475 e. The van der Waals surface area contributed by atoms with Gasteiger partial charge in [0.05, 0.1) is 12.7 Å². The van der Waals surface area contributed by atoms with E-state index >= 15 is 0 Å². The monoisotopic (exact) mass is 329 g/mol. The summed E-state index contributed by atoms with van der Waals surface area (Å²) in [6.07, 6.45) is -6.07. The highest BCUT2D eigenvalue weighted by molar-refractivity contribution is 6.01. The Morgan fingerprint density at radius 3 is 2.57 bits per heavy atom. The molecule has 23 heavy (non-hydrogen) atoms. The molecule has 8 heteroatoms. The van der Waals surface area contributed by atoms with E-state index in [0.29, 0.717) is 5.56 Å². The van der Waals surface area contributed by atoms with Crippen LogP contribution in [0.3, 0.4) is 0 Å². The smallest absolute Gasteiger partial charge is 0.429 e. The average Bonchev–Trinajstić information content (AvgIpc) is 2.51. The number of nitrogens with one attached hydrogen (secondary N) is 1. The number of benzene rings is 1. The minimum atomic E-state index is -4.77. The summed E-state index contributed by atoms with van der Waals surface area (Å²) in [7, 11) is 1.11. The molecular formula is C15H14F3NO4. The van der Waals surface area contributed by atoms with Gasteiger partial charge in [-0.1, -0.05) is 18.2 Å². The number of carbonyl (C=O) groups is 2. The molecule has 124 valence electrons. The number of fused-ring (bicyclic) bond motifs is 1. The van der Waals surface area contributed by atoms with Crippen LogP contribution in [0.2, 0.25) is 0 Å². The molecule has 0 fully saturated rings. The second-order valence-electron chi connectivity index (χ2n) is 4.90. The Hall–Kier alpha value is -2.51. The number of hydrogen-bond donors (Lipinski definition) is 1. The highest BCUT2D eigenvalue weighted by atomic mass is 19.4. The molecule has 1 aliphatic rings. The predicted octanol–water partition coefficient (Wildman–Crippen LogP) is 2.07. The molecule has 1 N–H and O–H groups in total. The first kappa shape index (κ1) is 16.9. The number of alkyl halides is 3. The molecule has 1 heterocycles. The second kappa shape index (κ2) is 6.31. The van der Waals surface area contributed by atoms with E-state index < -0.39 is 35.8 Å². The van der Waals surface area contributed by atoms with Gasteiger partial charge in [-0.3, -0.25) is 4.79 Å². The zero-order valence-corrected chi connectivity index (χ0v) is 12.3. The van der Waals surface area contributed by atoms with Crippen LogP contribution in [0, 0.1) is 0 Å². The van der Waals surface area contributed by atoms with E-state index in [1.165, 1.54) is 25.1 Å². The lowest BCUT2D eigenvalue weighted by Crippen LogP contribution is -2.47. The van der Waals surface area contributed by atoms with Crippen LogP contribution in [0.1, 0.15) is 12.5 Å². The van der Waals surface area contributed by atoms with Crippen LogP contribution in [-0.4, -0.2) is 37.3 Å². The molecule has 0 radical (unpaired) electrons. The fourth-order valence-electron chi connectivity index (χ4n) is 2.08. The van der Waals surface area contributed by atoms with Crippen molar-refractivity contribution in [2.45, 2.75) is 25.2 Å². The summed E-state index contributed by atoms with van der Waals surface area (Å²) in [5, 5.41) is 2.17. The van der Waals surface area contributed by atoms with Crippen LogP contribution in [0.4, 0.5) is 13.2 Å². The summed E-state index contributed by atoms with van der Waals surface area (Å²) in [6.45, 7) is 1.31. The molecular weight excluding hydrogens is 315 g/mol.